The van der Waals surface area contributed by atoms with Gasteiger partial charge in [-0.25, -0.2) is 0 Å². The fourth-order valence-electron chi connectivity index (χ4n) is 1.72. The van der Waals surface area contributed by atoms with E-state index in [1.165, 1.54) is 6.20 Å². The van der Waals surface area contributed by atoms with E-state index in [9.17, 15) is 4.79 Å². The van der Waals surface area contributed by atoms with Crippen molar-refractivity contribution in [1.29, 1.82) is 0 Å². The van der Waals surface area contributed by atoms with Crippen LogP contribution in [0.2, 0.25) is 5.02 Å². The lowest BCUT2D eigenvalue weighted by Crippen LogP contribution is -2.37. The van der Waals surface area contributed by atoms with Gasteiger partial charge in [-0.05, 0) is 12.5 Å². The Morgan fingerprint density at radius 3 is 3.12 bits per heavy atom. The number of aromatic nitrogens is 1. The number of likely N-dealkylation sites (N-methyl/N-ethyl adjacent to an activating group) is 1. The summed E-state index contributed by atoms with van der Waals surface area (Å²) in [5.41, 5.74) is 0.443. The quantitative estimate of drug-likeness (QED) is 0.789. The molecule has 0 saturated carbocycles. The van der Waals surface area contributed by atoms with Gasteiger partial charge in [0.25, 0.3) is 5.91 Å². The lowest BCUT2D eigenvalue weighted by atomic mass is 10.2. The molecular formula is C11H13ClN2O2. The van der Waals surface area contributed by atoms with Crippen LogP contribution in [0.25, 0.3) is 0 Å². The molecule has 2 rings (SSSR count). The number of halogens is 1. The Morgan fingerprint density at radius 2 is 2.50 bits per heavy atom. The Hall–Kier alpha value is -1.13. The van der Waals surface area contributed by atoms with Crippen molar-refractivity contribution in [2.75, 3.05) is 20.3 Å². The standard InChI is InChI=1S/C11H13ClN2O2/c1-14(8-3-5-16-7-8)11(15)9-6-13-4-2-10(9)12/h2,4,6,8H,3,5,7H2,1H3. The van der Waals surface area contributed by atoms with E-state index in [2.05, 4.69) is 4.98 Å². The minimum Gasteiger partial charge on any atom is -0.379 e. The van der Waals surface area contributed by atoms with E-state index in [0.29, 0.717) is 23.8 Å². The van der Waals surface area contributed by atoms with Gasteiger partial charge in [0.05, 0.1) is 23.2 Å². The molecule has 1 atom stereocenters. The smallest absolute Gasteiger partial charge is 0.257 e. The van der Waals surface area contributed by atoms with Gasteiger partial charge in [0.1, 0.15) is 0 Å². The van der Waals surface area contributed by atoms with Gasteiger partial charge in [-0.2, -0.15) is 0 Å². The number of hydrogen-bond acceptors (Lipinski definition) is 3. The molecule has 0 spiro atoms. The summed E-state index contributed by atoms with van der Waals surface area (Å²) in [7, 11) is 1.77. The van der Waals surface area contributed by atoms with Gasteiger partial charge in [-0.3, -0.25) is 9.78 Å². The fourth-order valence-corrected chi connectivity index (χ4v) is 1.90. The normalized spacial score (nSPS) is 19.8. The molecule has 0 aromatic carbocycles. The van der Waals surface area contributed by atoms with Crippen LogP contribution in [-0.4, -0.2) is 42.1 Å². The molecule has 0 radical (unpaired) electrons. The van der Waals surface area contributed by atoms with Gasteiger partial charge in [-0.15, -0.1) is 0 Å². The van der Waals surface area contributed by atoms with E-state index >= 15 is 0 Å². The molecule has 0 N–H and O–H groups in total. The molecule has 2 heterocycles. The summed E-state index contributed by atoms with van der Waals surface area (Å²) in [5, 5.41) is 0.436. The summed E-state index contributed by atoms with van der Waals surface area (Å²) < 4.78 is 5.25. The molecule has 1 aromatic heterocycles. The maximum atomic E-state index is 12.1. The van der Waals surface area contributed by atoms with Gasteiger partial charge in [0.2, 0.25) is 0 Å². The van der Waals surface area contributed by atoms with Crippen molar-refractivity contribution in [3.05, 3.63) is 29.0 Å². The van der Waals surface area contributed by atoms with E-state index in [1.54, 1.807) is 24.2 Å². The highest BCUT2D eigenvalue weighted by atomic mass is 35.5. The predicted octanol–water partition coefficient (Wildman–Crippen LogP) is 1.60. The molecule has 0 aliphatic carbocycles. The zero-order valence-corrected chi connectivity index (χ0v) is 9.78. The third-order valence-corrected chi connectivity index (χ3v) is 3.10. The van der Waals surface area contributed by atoms with Gasteiger partial charge >= 0.3 is 0 Å². The van der Waals surface area contributed by atoms with Crippen LogP contribution in [0, 0.1) is 0 Å². The van der Waals surface area contributed by atoms with Gasteiger partial charge in [0.15, 0.2) is 0 Å². The largest absolute Gasteiger partial charge is 0.379 e. The Balaban J connectivity index is 2.15. The summed E-state index contributed by atoms with van der Waals surface area (Å²) in [6.07, 6.45) is 3.94. The fraction of sp³-hybridized carbons (Fsp3) is 0.455. The molecule has 16 heavy (non-hydrogen) atoms. The zero-order chi connectivity index (χ0) is 11.5. The second kappa shape index (κ2) is 4.80. The van der Waals surface area contributed by atoms with E-state index < -0.39 is 0 Å². The SMILES string of the molecule is CN(C(=O)c1cnccc1Cl)C1CCOC1. The van der Waals surface area contributed by atoms with Crippen LogP contribution in [0.1, 0.15) is 16.8 Å². The van der Waals surface area contributed by atoms with Crippen LogP contribution in [0.15, 0.2) is 18.5 Å². The first kappa shape index (κ1) is 11.4. The number of ether oxygens (including phenoxy) is 1. The maximum absolute atomic E-state index is 12.1. The second-order valence-electron chi connectivity index (χ2n) is 3.79. The van der Waals surface area contributed by atoms with E-state index in [1.807, 2.05) is 0 Å². The van der Waals surface area contributed by atoms with E-state index in [0.717, 1.165) is 6.42 Å². The molecule has 1 aliphatic heterocycles. The first-order valence-corrected chi connectivity index (χ1v) is 5.52. The summed E-state index contributed by atoms with van der Waals surface area (Å²) >= 11 is 5.95. The van der Waals surface area contributed by atoms with Crippen LogP contribution in [0.4, 0.5) is 0 Å². The van der Waals surface area contributed by atoms with Crippen molar-refractivity contribution < 1.29 is 9.53 Å². The molecule has 5 heteroatoms. The summed E-state index contributed by atoms with van der Waals surface area (Å²) in [6.45, 7) is 1.31. The highest BCUT2D eigenvalue weighted by Crippen LogP contribution is 2.18. The number of carbonyl (C=O) groups excluding carboxylic acids is 1. The Kier molecular flexibility index (Phi) is 3.41. The summed E-state index contributed by atoms with van der Waals surface area (Å²) in [4.78, 5) is 17.7. The highest BCUT2D eigenvalue weighted by molar-refractivity contribution is 6.33. The van der Waals surface area contributed by atoms with E-state index in [-0.39, 0.29) is 11.9 Å². The molecule has 86 valence electrons. The average Bonchev–Trinajstić information content (AvgIpc) is 2.81. The maximum Gasteiger partial charge on any atom is 0.257 e. The molecule has 0 bridgehead atoms. The minimum absolute atomic E-state index is 0.103. The van der Waals surface area contributed by atoms with Crippen molar-refractivity contribution in [3.8, 4) is 0 Å². The lowest BCUT2D eigenvalue weighted by Gasteiger charge is -2.23. The first-order chi connectivity index (χ1) is 7.70. The average molecular weight is 241 g/mol. The van der Waals surface area contributed by atoms with Crippen LogP contribution in [-0.2, 0) is 4.74 Å². The topological polar surface area (TPSA) is 42.4 Å². The van der Waals surface area contributed by atoms with E-state index in [4.69, 9.17) is 16.3 Å². The van der Waals surface area contributed by atoms with Crippen LogP contribution >= 0.6 is 11.6 Å². The van der Waals surface area contributed by atoms with Gasteiger partial charge in [-0.1, -0.05) is 11.6 Å². The van der Waals surface area contributed by atoms with Crippen LogP contribution < -0.4 is 0 Å². The number of amides is 1. The van der Waals surface area contributed by atoms with Gasteiger partial charge in [0, 0.05) is 26.0 Å². The summed E-state index contributed by atoms with van der Waals surface area (Å²) in [5.74, 6) is -0.103. The molecule has 1 saturated heterocycles. The minimum atomic E-state index is -0.103. The predicted molar refractivity (Wildman–Crippen MR) is 60.6 cm³/mol. The first-order valence-electron chi connectivity index (χ1n) is 5.14. The molecule has 4 nitrogen and oxygen atoms in total. The number of nitrogens with zero attached hydrogens (tertiary/aromatic N) is 2. The number of hydrogen-bond donors (Lipinski definition) is 0. The number of rotatable bonds is 2. The molecule has 1 unspecified atom stereocenters. The molecule has 1 aromatic rings. The Bertz CT molecular complexity index is 391. The molecule has 1 fully saturated rings. The molecule has 1 amide bonds. The Labute approximate surface area is 99.2 Å². The van der Waals surface area contributed by atoms with Crippen LogP contribution in [0.3, 0.4) is 0 Å². The van der Waals surface area contributed by atoms with Crippen molar-refractivity contribution in [2.45, 2.75) is 12.5 Å². The third-order valence-electron chi connectivity index (χ3n) is 2.77. The number of pyridine rings is 1. The monoisotopic (exact) mass is 240 g/mol. The van der Waals surface area contributed by atoms with Crippen molar-refractivity contribution in [2.24, 2.45) is 0 Å². The Morgan fingerprint density at radius 1 is 1.69 bits per heavy atom. The molecular weight excluding hydrogens is 228 g/mol. The van der Waals surface area contributed by atoms with Crippen molar-refractivity contribution >= 4 is 17.5 Å². The zero-order valence-electron chi connectivity index (χ0n) is 9.02. The molecule has 1 aliphatic rings. The highest BCUT2D eigenvalue weighted by Gasteiger charge is 2.25. The lowest BCUT2D eigenvalue weighted by molar-refractivity contribution is 0.0711. The third kappa shape index (κ3) is 2.18. The number of carbonyl (C=O) groups is 1. The second-order valence-corrected chi connectivity index (χ2v) is 4.20. The van der Waals surface area contributed by atoms with Crippen molar-refractivity contribution in [1.82, 2.24) is 9.88 Å². The van der Waals surface area contributed by atoms with Crippen LogP contribution in [0.5, 0.6) is 0 Å². The van der Waals surface area contributed by atoms with Crippen molar-refractivity contribution in [3.63, 3.8) is 0 Å². The summed E-state index contributed by atoms with van der Waals surface area (Å²) in [6, 6.07) is 1.76. The van der Waals surface area contributed by atoms with Gasteiger partial charge < -0.3 is 9.64 Å².